The number of carbonyl (C=O) groups excluding carboxylic acids is 1. The molecule has 1 fully saturated rings. The van der Waals surface area contributed by atoms with E-state index >= 15 is 0 Å². The van der Waals surface area contributed by atoms with Crippen molar-refractivity contribution in [1.82, 2.24) is 0 Å². The van der Waals surface area contributed by atoms with Crippen LogP contribution in [0.25, 0.3) is 0 Å². The van der Waals surface area contributed by atoms with Gasteiger partial charge < -0.3 is 0 Å². The molecule has 0 amide bonds. The van der Waals surface area contributed by atoms with Crippen LogP contribution in [0.2, 0.25) is 0 Å². The summed E-state index contributed by atoms with van der Waals surface area (Å²) in [5.74, 6) is 1.43. The molecule has 0 aromatic rings. The Hall–Kier alpha value is -0.620. The Balaban J connectivity index is 2.34. The molecule has 0 aliphatic heterocycles. The van der Waals surface area contributed by atoms with Crippen LogP contribution in [0.4, 0.5) is 0 Å². The molecule has 0 saturated heterocycles. The lowest BCUT2D eigenvalue weighted by atomic mass is 9.94. The molecule has 2 heteroatoms. The van der Waals surface area contributed by atoms with E-state index in [1.807, 2.05) is 0 Å². The van der Waals surface area contributed by atoms with Crippen LogP contribution >= 0.6 is 0 Å². The van der Waals surface area contributed by atoms with Gasteiger partial charge in [0.15, 0.2) is 0 Å². The van der Waals surface area contributed by atoms with E-state index in [2.05, 4.69) is 18.8 Å². The summed E-state index contributed by atoms with van der Waals surface area (Å²) in [4.78, 5) is 13.5. The molecule has 0 aromatic heterocycles. The third-order valence-corrected chi connectivity index (χ3v) is 2.16. The fourth-order valence-electron chi connectivity index (χ4n) is 1.52. The monoisotopic (exact) mass is 152 g/mol. The Morgan fingerprint density at radius 2 is 2.18 bits per heavy atom. The van der Waals surface area contributed by atoms with Crippen LogP contribution in [-0.4, -0.2) is 12.6 Å². The summed E-state index contributed by atoms with van der Waals surface area (Å²) in [5, 5.41) is 0. The zero-order valence-corrected chi connectivity index (χ0v) is 7.18. The molecule has 0 spiro atoms. The quantitative estimate of drug-likeness (QED) is 0.448. The van der Waals surface area contributed by atoms with E-state index < -0.39 is 0 Å². The standard InChI is InChI=1S/C9H14NO/c1-8(2)5-9(3-4-9)6-10-7-11/h3-6H2,1-2H3. The van der Waals surface area contributed by atoms with Gasteiger partial charge in [0.05, 0.1) is 6.54 Å². The fourth-order valence-corrected chi connectivity index (χ4v) is 1.52. The molecule has 11 heavy (non-hydrogen) atoms. The van der Waals surface area contributed by atoms with Crippen molar-refractivity contribution in [2.24, 2.45) is 10.4 Å². The maximum atomic E-state index is 9.87. The van der Waals surface area contributed by atoms with Crippen LogP contribution in [-0.2, 0) is 4.79 Å². The highest BCUT2D eigenvalue weighted by atomic mass is 16.1. The van der Waals surface area contributed by atoms with E-state index in [1.165, 1.54) is 18.8 Å². The van der Waals surface area contributed by atoms with Gasteiger partial charge in [0.25, 0.3) is 0 Å². The number of aliphatic imine (C=N–C) groups is 1. The lowest BCUT2D eigenvalue weighted by Gasteiger charge is -2.12. The fraction of sp³-hybridized carbons (Fsp3) is 0.778. The molecule has 2 nitrogen and oxygen atoms in total. The second kappa shape index (κ2) is 3.19. The zero-order chi connectivity index (χ0) is 8.32. The van der Waals surface area contributed by atoms with Crippen LogP contribution in [0, 0.1) is 11.3 Å². The summed E-state index contributed by atoms with van der Waals surface area (Å²) in [6.45, 7) is 4.94. The molecule has 0 heterocycles. The van der Waals surface area contributed by atoms with Crippen molar-refractivity contribution in [2.75, 3.05) is 6.54 Å². The smallest absolute Gasteiger partial charge is 0.211 e. The van der Waals surface area contributed by atoms with Gasteiger partial charge in [0, 0.05) is 0 Å². The molecular formula is C9H14NO. The highest BCUT2D eigenvalue weighted by Gasteiger charge is 2.42. The Kier molecular flexibility index (Phi) is 2.45. The van der Waals surface area contributed by atoms with Crippen molar-refractivity contribution >= 4 is 6.08 Å². The molecule has 0 unspecified atom stereocenters. The summed E-state index contributed by atoms with van der Waals surface area (Å²) in [6.07, 6.45) is 5.18. The molecular weight excluding hydrogens is 138 g/mol. The Bertz CT molecular complexity index is 176. The van der Waals surface area contributed by atoms with Gasteiger partial charge in [-0.15, -0.1) is 0 Å². The maximum Gasteiger partial charge on any atom is 0.234 e. The van der Waals surface area contributed by atoms with E-state index in [9.17, 15) is 4.79 Å². The number of rotatable bonds is 4. The number of hydrogen-bond acceptors (Lipinski definition) is 2. The van der Waals surface area contributed by atoms with E-state index in [1.54, 1.807) is 6.08 Å². The van der Waals surface area contributed by atoms with Gasteiger partial charge in [0.1, 0.15) is 0 Å². The Labute approximate surface area is 67.7 Å². The average molecular weight is 152 g/mol. The van der Waals surface area contributed by atoms with Crippen LogP contribution < -0.4 is 0 Å². The van der Waals surface area contributed by atoms with Gasteiger partial charge >= 0.3 is 0 Å². The summed E-state index contributed by atoms with van der Waals surface area (Å²) in [6, 6.07) is 0. The van der Waals surface area contributed by atoms with Crippen molar-refractivity contribution in [3.63, 3.8) is 0 Å². The van der Waals surface area contributed by atoms with Crippen LogP contribution in [0.1, 0.15) is 33.1 Å². The van der Waals surface area contributed by atoms with E-state index in [0.29, 0.717) is 12.0 Å². The average Bonchev–Trinajstić information content (AvgIpc) is 2.64. The zero-order valence-electron chi connectivity index (χ0n) is 7.18. The summed E-state index contributed by atoms with van der Waals surface area (Å²) >= 11 is 0. The number of nitrogens with zero attached hydrogens (tertiary/aromatic N) is 1. The van der Waals surface area contributed by atoms with Gasteiger partial charge in [0.2, 0.25) is 6.08 Å². The van der Waals surface area contributed by atoms with Crippen LogP contribution in [0.3, 0.4) is 0 Å². The lowest BCUT2D eigenvalue weighted by molar-refractivity contribution is 0.486. The predicted octanol–water partition coefficient (Wildman–Crippen LogP) is 2.11. The Morgan fingerprint density at radius 3 is 2.55 bits per heavy atom. The third kappa shape index (κ3) is 2.47. The van der Waals surface area contributed by atoms with Crippen molar-refractivity contribution in [3.8, 4) is 0 Å². The molecule has 0 bridgehead atoms. The maximum absolute atomic E-state index is 9.87. The highest BCUT2D eigenvalue weighted by Crippen LogP contribution is 2.51. The molecule has 0 aromatic carbocycles. The predicted molar refractivity (Wildman–Crippen MR) is 43.9 cm³/mol. The summed E-state index contributed by atoms with van der Waals surface area (Å²) in [5.41, 5.74) is 0.357. The highest BCUT2D eigenvalue weighted by molar-refractivity contribution is 5.33. The largest absolute Gasteiger partial charge is 0.234 e. The molecule has 1 saturated carbocycles. The van der Waals surface area contributed by atoms with E-state index in [-0.39, 0.29) is 0 Å². The SMILES string of the molecule is C[C](C)CC1(CN=C=O)CC1. The first-order chi connectivity index (χ1) is 5.18. The lowest BCUT2D eigenvalue weighted by Crippen LogP contribution is -2.07. The number of isocyanates is 1. The minimum atomic E-state index is 0.357. The van der Waals surface area contributed by atoms with E-state index in [0.717, 1.165) is 6.42 Å². The minimum Gasteiger partial charge on any atom is -0.211 e. The molecule has 61 valence electrons. The first kappa shape index (κ1) is 8.48. The van der Waals surface area contributed by atoms with Crippen molar-refractivity contribution in [1.29, 1.82) is 0 Å². The molecule has 0 atom stereocenters. The second-order valence-corrected chi connectivity index (χ2v) is 3.79. The van der Waals surface area contributed by atoms with Gasteiger partial charge in [-0.3, -0.25) is 0 Å². The third-order valence-electron chi connectivity index (χ3n) is 2.16. The molecule has 1 radical (unpaired) electrons. The molecule has 1 aliphatic carbocycles. The first-order valence-electron chi connectivity index (χ1n) is 4.01. The van der Waals surface area contributed by atoms with Crippen molar-refractivity contribution in [3.05, 3.63) is 5.92 Å². The summed E-state index contributed by atoms with van der Waals surface area (Å²) in [7, 11) is 0. The molecule has 1 aliphatic rings. The normalized spacial score (nSPS) is 19.5. The number of hydrogen-bond donors (Lipinski definition) is 0. The Morgan fingerprint density at radius 1 is 1.55 bits per heavy atom. The molecule has 1 rings (SSSR count). The molecule has 0 N–H and O–H groups in total. The van der Waals surface area contributed by atoms with Crippen molar-refractivity contribution in [2.45, 2.75) is 33.1 Å². The summed E-state index contributed by atoms with van der Waals surface area (Å²) < 4.78 is 0. The minimum absolute atomic E-state index is 0.357. The van der Waals surface area contributed by atoms with Crippen molar-refractivity contribution < 1.29 is 4.79 Å². The topological polar surface area (TPSA) is 29.4 Å². The van der Waals surface area contributed by atoms with Gasteiger partial charge in [-0.25, -0.2) is 9.79 Å². The van der Waals surface area contributed by atoms with Gasteiger partial charge in [-0.1, -0.05) is 13.8 Å². The van der Waals surface area contributed by atoms with E-state index in [4.69, 9.17) is 0 Å². The van der Waals surface area contributed by atoms with Gasteiger partial charge in [-0.05, 0) is 30.6 Å². The van der Waals surface area contributed by atoms with Crippen LogP contribution in [0.5, 0.6) is 0 Å². The second-order valence-electron chi connectivity index (χ2n) is 3.79. The van der Waals surface area contributed by atoms with Gasteiger partial charge in [-0.2, -0.15) is 0 Å². The first-order valence-corrected chi connectivity index (χ1v) is 4.01. The van der Waals surface area contributed by atoms with Crippen LogP contribution in [0.15, 0.2) is 4.99 Å².